The number of nitriles is 1. The molecule has 0 aromatic heterocycles. The summed E-state index contributed by atoms with van der Waals surface area (Å²) in [6, 6.07) is 10.1. The zero-order valence-electron chi connectivity index (χ0n) is 9.72. The number of hydrogen-bond acceptors (Lipinski definition) is 3. The Hall–Kier alpha value is -1.86. The lowest BCUT2D eigenvalue weighted by Crippen LogP contribution is -2.45. The Balaban J connectivity index is 2.04. The molecule has 0 radical (unpaired) electrons. The van der Waals surface area contributed by atoms with Gasteiger partial charge in [0, 0.05) is 6.54 Å². The van der Waals surface area contributed by atoms with Crippen molar-refractivity contribution in [3.05, 3.63) is 35.4 Å². The van der Waals surface area contributed by atoms with E-state index in [4.69, 9.17) is 10.00 Å². The minimum absolute atomic E-state index is 0.00406. The molecular weight excluding hydrogens is 216 g/mol. The molecule has 0 saturated carbocycles. The van der Waals surface area contributed by atoms with Gasteiger partial charge in [-0.3, -0.25) is 4.79 Å². The number of amides is 1. The molecule has 1 aromatic carbocycles. The largest absolute Gasteiger partial charge is 0.352 e. The van der Waals surface area contributed by atoms with E-state index in [1.165, 1.54) is 5.56 Å². The highest BCUT2D eigenvalue weighted by Crippen LogP contribution is 2.12. The number of aryl methyl sites for hydroxylation is 1. The summed E-state index contributed by atoms with van der Waals surface area (Å²) < 4.78 is 5.07. The summed E-state index contributed by atoms with van der Waals surface area (Å²) in [5.74, 6) is -0.0583. The maximum absolute atomic E-state index is 11.6. The van der Waals surface area contributed by atoms with Crippen molar-refractivity contribution < 1.29 is 9.53 Å². The van der Waals surface area contributed by atoms with Crippen LogP contribution in [0.2, 0.25) is 0 Å². The van der Waals surface area contributed by atoms with Crippen molar-refractivity contribution in [2.75, 3.05) is 13.2 Å². The highest BCUT2D eigenvalue weighted by molar-refractivity contribution is 5.78. The lowest BCUT2D eigenvalue weighted by atomic mass is 10.1. The van der Waals surface area contributed by atoms with Crippen LogP contribution in [-0.4, -0.2) is 30.1 Å². The summed E-state index contributed by atoms with van der Waals surface area (Å²) in [4.78, 5) is 13.3. The average Bonchev–Trinajstić information content (AvgIpc) is 2.35. The van der Waals surface area contributed by atoms with Crippen molar-refractivity contribution >= 4 is 5.91 Å². The van der Waals surface area contributed by atoms with Gasteiger partial charge in [0.2, 0.25) is 5.91 Å². The van der Waals surface area contributed by atoms with Crippen LogP contribution < -0.4 is 0 Å². The van der Waals surface area contributed by atoms with Crippen molar-refractivity contribution in [3.63, 3.8) is 0 Å². The van der Waals surface area contributed by atoms with E-state index in [1.54, 1.807) is 4.90 Å². The smallest absolute Gasteiger partial charge is 0.249 e. The quantitative estimate of drug-likeness (QED) is 0.768. The lowest BCUT2D eigenvalue weighted by Gasteiger charge is -2.29. The molecule has 1 saturated heterocycles. The summed E-state index contributed by atoms with van der Waals surface area (Å²) in [6.07, 6.45) is -0.502. The second kappa shape index (κ2) is 4.98. The van der Waals surface area contributed by atoms with Gasteiger partial charge in [-0.05, 0) is 12.5 Å². The zero-order chi connectivity index (χ0) is 12.3. The number of carbonyl (C=O) groups is 1. The van der Waals surface area contributed by atoms with Crippen LogP contribution in [0.5, 0.6) is 0 Å². The van der Waals surface area contributed by atoms with Gasteiger partial charge in [0.25, 0.3) is 0 Å². The van der Waals surface area contributed by atoms with Crippen LogP contribution in [0.15, 0.2) is 24.3 Å². The van der Waals surface area contributed by atoms with Gasteiger partial charge in [0.05, 0.1) is 12.6 Å². The topological polar surface area (TPSA) is 53.3 Å². The molecule has 1 aromatic rings. The Morgan fingerprint density at radius 3 is 2.82 bits per heavy atom. The number of morpholine rings is 1. The Labute approximate surface area is 100 Å². The van der Waals surface area contributed by atoms with Crippen molar-refractivity contribution in [2.45, 2.75) is 19.6 Å². The van der Waals surface area contributed by atoms with Gasteiger partial charge < -0.3 is 9.64 Å². The molecule has 0 spiro atoms. The summed E-state index contributed by atoms with van der Waals surface area (Å²) in [5.41, 5.74) is 2.26. The molecule has 0 N–H and O–H groups in total. The molecule has 1 fully saturated rings. The van der Waals surface area contributed by atoms with Crippen LogP contribution >= 0.6 is 0 Å². The number of ether oxygens (including phenoxy) is 1. The molecule has 0 aliphatic carbocycles. The Morgan fingerprint density at radius 2 is 2.18 bits per heavy atom. The number of nitrogens with zero attached hydrogens (tertiary/aromatic N) is 2. The van der Waals surface area contributed by atoms with Crippen molar-refractivity contribution in [1.29, 1.82) is 5.26 Å². The second-order valence-corrected chi connectivity index (χ2v) is 4.19. The third-order valence-electron chi connectivity index (χ3n) is 2.78. The monoisotopic (exact) mass is 230 g/mol. The summed E-state index contributed by atoms with van der Waals surface area (Å²) in [5, 5.41) is 8.78. The fourth-order valence-electron chi connectivity index (χ4n) is 1.76. The lowest BCUT2D eigenvalue weighted by molar-refractivity contribution is -0.146. The average molecular weight is 230 g/mol. The first-order chi connectivity index (χ1) is 8.19. The number of carbonyl (C=O) groups excluding carboxylic acids is 1. The van der Waals surface area contributed by atoms with Gasteiger partial charge in [0.15, 0.2) is 6.10 Å². The standard InChI is InChI=1S/C13H14N2O2/c1-10-2-4-11(5-3-10)7-15-8-12(6-14)17-9-13(15)16/h2-5,12H,7-9H2,1H3. The van der Waals surface area contributed by atoms with Crippen molar-refractivity contribution in [2.24, 2.45) is 0 Å². The van der Waals surface area contributed by atoms with E-state index in [2.05, 4.69) is 0 Å². The molecule has 2 rings (SSSR count). The fourth-order valence-corrected chi connectivity index (χ4v) is 1.76. The predicted octanol–water partition coefficient (Wildman–Crippen LogP) is 1.25. The molecule has 1 heterocycles. The SMILES string of the molecule is Cc1ccc(CN2CC(C#N)OCC2=O)cc1. The first kappa shape index (κ1) is 11.6. The number of benzene rings is 1. The van der Waals surface area contributed by atoms with Gasteiger partial charge in [-0.2, -0.15) is 5.26 Å². The van der Waals surface area contributed by atoms with Gasteiger partial charge in [-0.15, -0.1) is 0 Å². The molecule has 1 aliphatic heterocycles. The van der Waals surface area contributed by atoms with Gasteiger partial charge in [0.1, 0.15) is 6.61 Å². The second-order valence-electron chi connectivity index (χ2n) is 4.19. The third kappa shape index (κ3) is 2.83. The summed E-state index contributed by atoms with van der Waals surface area (Å²) in [6.45, 7) is 2.92. The highest BCUT2D eigenvalue weighted by Gasteiger charge is 2.25. The van der Waals surface area contributed by atoms with E-state index < -0.39 is 6.10 Å². The minimum atomic E-state index is -0.502. The van der Waals surface area contributed by atoms with Crippen LogP contribution in [0.25, 0.3) is 0 Å². The molecule has 1 atom stereocenters. The first-order valence-electron chi connectivity index (χ1n) is 5.53. The van der Waals surface area contributed by atoms with Crippen LogP contribution in [0, 0.1) is 18.3 Å². The van der Waals surface area contributed by atoms with Gasteiger partial charge >= 0.3 is 0 Å². The highest BCUT2D eigenvalue weighted by atomic mass is 16.5. The Morgan fingerprint density at radius 1 is 1.47 bits per heavy atom. The van der Waals surface area contributed by atoms with Crippen molar-refractivity contribution in [3.8, 4) is 6.07 Å². The maximum Gasteiger partial charge on any atom is 0.249 e. The molecule has 4 nitrogen and oxygen atoms in total. The summed E-state index contributed by atoms with van der Waals surface area (Å²) >= 11 is 0. The van der Waals surface area contributed by atoms with Crippen LogP contribution in [0.3, 0.4) is 0 Å². The van der Waals surface area contributed by atoms with E-state index in [1.807, 2.05) is 37.3 Å². The molecule has 4 heteroatoms. The summed E-state index contributed by atoms with van der Waals surface area (Å²) in [7, 11) is 0. The molecule has 0 bridgehead atoms. The molecule has 1 amide bonds. The Bertz CT molecular complexity index is 447. The van der Waals surface area contributed by atoms with Crippen LogP contribution in [0.1, 0.15) is 11.1 Å². The van der Waals surface area contributed by atoms with E-state index in [-0.39, 0.29) is 12.5 Å². The normalized spacial score (nSPS) is 20.1. The molecule has 17 heavy (non-hydrogen) atoms. The minimum Gasteiger partial charge on any atom is -0.352 e. The Kier molecular flexibility index (Phi) is 3.40. The molecule has 1 aliphatic rings. The van der Waals surface area contributed by atoms with E-state index >= 15 is 0 Å². The zero-order valence-corrected chi connectivity index (χ0v) is 9.72. The van der Waals surface area contributed by atoms with Crippen LogP contribution in [0.4, 0.5) is 0 Å². The van der Waals surface area contributed by atoms with Crippen molar-refractivity contribution in [1.82, 2.24) is 4.90 Å². The number of hydrogen-bond donors (Lipinski definition) is 0. The third-order valence-corrected chi connectivity index (χ3v) is 2.78. The van der Waals surface area contributed by atoms with E-state index in [9.17, 15) is 4.79 Å². The number of rotatable bonds is 2. The van der Waals surface area contributed by atoms with E-state index in [0.29, 0.717) is 13.1 Å². The maximum atomic E-state index is 11.6. The molecular formula is C13H14N2O2. The van der Waals surface area contributed by atoms with Gasteiger partial charge in [-0.1, -0.05) is 29.8 Å². The van der Waals surface area contributed by atoms with E-state index in [0.717, 1.165) is 5.56 Å². The molecule has 88 valence electrons. The fraction of sp³-hybridized carbons (Fsp3) is 0.385. The van der Waals surface area contributed by atoms with Gasteiger partial charge in [-0.25, -0.2) is 0 Å². The predicted molar refractivity (Wildman–Crippen MR) is 61.9 cm³/mol. The van der Waals surface area contributed by atoms with Crippen LogP contribution in [-0.2, 0) is 16.1 Å². The first-order valence-corrected chi connectivity index (χ1v) is 5.53. The molecule has 1 unspecified atom stereocenters.